The number of thioether (sulfide) groups is 1. The zero-order valence-electron chi connectivity index (χ0n) is 14.2. The molecule has 1 N–H and O–H groups in total. The fourth-order valence-electron chi connectivity index (χ4n) is 1.84. The maximum absolute atomic E-state index is 13.6. The lowest BCUT2D eigenvalue weighted by Gasteiger charge is -2.11. The monoisotopic (exact) mass is 369 g/mol. The largest absolute Gasteiger partial charge is 0.478 e. The SMILES string of the molecule is COCCNC(=O)[C@@H](C)Sc1nnc([C@@H](C)Oc2ccccc2F)o1. The highest BCUT2D eigenvalue weighted by atomic mass is 32.2. The van der Waals surface area contributed by atoms with Gasteiger partial charge in [0.1, 0.15) is 0 Å². The van der Waals surface area contributed by atoms with E-state index in [0.717, 1.165) is 11.8 Å². The lowest BCUT2D eigenvalue weighted by Crippen LogP contribution is -2.33. The fourth-order valence-corrected chi connectivity index (χ4v) is 2.55. The van der Waals surface area contributed by atoms with Gasteiger partial charge in [-0.15, -0.1) is 10.2 Å². The van der Waals surface area contributed by atoms with Crippen LogP contribution in [0.3, 0.4) is 0 Å². The molecule has 1 heterocycles. The third-order valence-electron chi connectivity index (χ3n) is 3.16. The summed E-state index contributed by atoms with van der Waals surface area (Å²) in [6, 6.07) is 6.07. The van der Waals surface area contributed by atoms with E-state index in [1.54, 1.807) is 33.1 Å². The van der Waals surface area contributed by atoms with Gasteiger partial charge < -0.3 is 19.2 Å². The van der Waals surface area contributed by atoms with Crippen molar-refractivity contribution in [3.63, 3.8) is 0 Å². The Morgan fingerprint density at radius 3 is 2.84 bits per heavy atom. The molecule has 0 aliphatic heterocycles. The number of carbonyl (C=O) groups is 1. The quantitative estimate of drug-likeness (QED) is 0.537. The zero-order valence-corrected chi connectivity index (χ0v) is 15.0. The topological polar surface area (TPSA) is 86.5 Å². The standard InChI is InChI=1S/C16H20FN3O4S/c1-10(23-13-7-5-4-6-12(13)17)15-19-20-16(24-15)25-11(2)14(21)18-8-9-22-3/h4-7,10-11H,8-9H2,1-3H3,(H,18,21)/t10-,11-/m1/s1. The van der Waals surface area contributed by atoms with Crippen molar-refractivity contribution >= 4 is 17.7 Å². The highest BCUT2D eigenvalue weighted by Crippen LogP contribution is 2.27. The van der Waals surface area contributed by atoms with Gasteiger partial charge in [-0.1, -0.05) is 23.9 Å². The molecule has 0 radical (unpaired) electrons. The van der Waals surface area contributed by atoms with Crippen LogP contribution in [0.2, 0.25) is 0 Å². The first-order valence-corrected chi connectivity index (χ1v) is 8.57. The van der Waals surface area contributed by atoms with E-state index >= 15 is 0 Å². The van der Waals surface area contributed by atoms with Gasteiger partial charge in [0.2, 0.25) is 5.91 Å². The van der Waals surface area contributed by atoms with Crippen molar-refractivity contribution in [2.45, 2.75) is 30.4 Å². The summed E-state index contributed by atoms with van der Waals surface area (Å²) in [7, 11) is 1.56. The van der Waals surface area contributed by atoms with Crippen molar-refractivity contribution in [3.05, 3.63) is 36.0 Å². The number of para-hydroxylation sites is 1. The molecule has 0 unspecified atom stereocenters. The molecule has 0 aliphatic carbocycles. The summed E-state index contributed by atoms with van der Waals surface area (Å²) < 4.78 is 29.5. The molecular weight excluding hydrogens is 349 g/mol. The number of benzene rings is 1. The van der Waals surface area contributed by atoms with Crippen LogP contribution in [-0.2, 0) is 9.53 Å². The summed E-state index contributed by atoms with van der Waals surface area (Å²) >= 11 is 1.13. The smallest absolute Gasteiger partial charge is 0.277 e. The summed E-state index contributed by atoms with van der Waals surface area (Å²) in [5.41, 5.74) is 0. The van der Waals surface area contributed by atoms with Crippen molar-refractivity contribution < 1.29 is 23.1 Å². The van der Waals surface area contributed by atoms with Crippen LogP contribution in [0.5, 0.6) is 5.75 Å². The van der Waals surface area contributed by atoms with Gasteiger partial charge >= 0.3 is 0 Å². The number of rotatable bonds is 9. The number of nitrogens with one attached hydrogen (secondary N) is 1. The summed E-state index contributed by atoms with van der Waals surface area (Å²) in [5.74, 6) is -0.312. The van der Waals surface area contributed by atoms with Crippen LogP contribution in [0, 0.1) is 5.82 Å². The fraction of sp³-hybridized carbons (Fsp3) is 0.438. The first kappa shape index (κ1) is 19.2. The summed E-state index contributed by atoms with van der Waals surface area (Å²) in [4.78, 5) is 11.9. The molecule has 2 aromatic rings. The highest BCUT2D eigenvalue weighted by Gasteiger charge is 2.21. The number of methoxy groups -OCH3 is 1. The molecule has 2 atom stereocenters. The zero-order chi connectivity index (χ0) is 18.2. The maximum Gasteiger partial charge on any atom is 0.277 e. The van der Waals surface area contributed by atoms with Crippen LogP contribution in [0.1, 0.15) is 25.8 Å². The van der Waals surface area contributed by atoms with Gasteiger partial charge in [-0.05, 0) is 26.0 Å². The van der Waals surface area contributed by atoms with E-state index in [-0.39, 0.29) is 22.8 Å². The van der Waals surface area contributed by atoms with Crippen LogP contribution in [-0.4, -0.2) is 41.6 Å². The Morgan fingerprint density at radius 2 is 2.12 bits per heavy atom. The molecule has 1 aromatic heterocycles. The third-order valence-corrected chi connectivity index (χ3v) is 4.10. The number of ether oxygens (including phenoxy) is 2. The highest BCUT2D eigenvalue weighted by molar-refractivity contribution is 8.00. The Kier molecular flexibility index (Phi) is 7.20. The summed E-state index contributed by atoms with van der Waals surface area (Å²) in [6.07, 6.45) is -0.621. The molecular formula is C16H20FN3O4S. The van der Waals surface area contributed by atoms with E-state index in [1.165, 1.54) is 12.1 Å². The number of aromatic nitrogens is 2. The Hall–Kier alpha value is -2.13. The van der Waals surface area contributed by atoms with Crippen LogP contribution in [0.15, 0.2) is 33.9 Å². The van der Waals surface area contributed by atoms with Crippen LogP contribution >= 0.6 is 11.8 Å². The number of amides is 1. The average molecular weight is 369 g/mol. The predicted molar refractivity (Wildman–Crippen MR) is 89.9 cm³/mol. The lowest BCUT2D eigenvalue weighted by atomic mass is 10.3. The number of hydrogen-bond acceptors (Lipinski definition) is 7. The van der Waals surface area contributed by atoms with E-state index in [1.807, 2.05) is 0 Å². The first-order valence-electron chi connectivity index (χ1n) is 7.69. The minimum atomic E-state index is -0.621. The normalized spacial score (nSPS) is 13.3. The molecule has 1 aromatic carbocycles. The average Bonchev–Trinajstić information content (AvgIpc) is 3.05. The minimum absolute atomic E-state index is 0.105. The Labute approximate surface area is 149 Å². The van der Waals surface area contributed by atoms with Gasteiger partial charge in [0.15, 0.2) is 17.7 Å². The van der Waals surface area contributed by atoms with Crippen molar-refractivity contribution in [2.75, 3.05) is 20.3 Å². The summed E-state index contributed by atoms with van der Waals surface area (Å²) in [5, 5.41) is 10.3. The van der Waals surface area contributed by atoms with Crippen LogP contribution in [0.4, 0.5) is 4.39 Å². The molecule has 0 spiro atoms. The molecule has 9 heteroatoms. The Morgan fingerprint density at radius 1 is 1.36 bits per heavy atom. The molecule has 1 amide bonds. The van der Waals surface area contributed by atoms with E-state index in [4.69, 9.17) is 13.9 Å². The van der Waals surface area contributed by atoms with Crippen molar-refractivity contribution in [1.29, 1.82) is 0 Å². The second-order valence-electron chi connectivity index (χ2n) is 5.14. The van der Waals surface area contributed by atoms with Gasteiger partial charge in [-0.3, -0.25) is 4.79 Å². The second-order valence-corrected chi connectivity index (χ2v) is 6.43. The molecule has 0 saturated carbocycles. The van der Waals surface area contributed by atoms with E-state index in [9.17, 15) is 9.18 Å². The van der Waals surface area contributed by atoms with E-state index in [2.05, 4.69) is 15.5 Å². The molecule has 0 fully saturated rings. The number of nitrogens with zero attached hydrogens (tertiary/aromatic N) is 2. The molecule has 0 aliphatic rings. The third kappa shape index (κ3) is 5.71. The number of hydrogen-bond donors (Lipinski definition) is 1. The molecule has 25 heavy (non-hydrogen) atoms. The van der Waals surface area contributed by atoms with Gasteiger partial charge in [0.25, 0.3) is 11.1 Å². The van der Waals surface area contributed by atoms with Crippen molar-refractivity contribution in [2.24, 2.45) is 0 Å². The predicted octanol–water partition coefficient (Wildman–Crippen LogP) is 2.59. The minimum Gasteiger partial charge on any atom is -0.478 e. The van der Waals surface area contributed by atoms with Gasteiger partial charge in [-0.25, -0.2) is 4.39 Å². The van der Waals surface area contributed by atoms with Gasteiger partial charge in [0.05, 0.1) is 11.9 Å². The molecule has 0 bridgehead atoms. The molecule has 2 rings (SSSR count). The van der Waals surface area contributed by atoms with Crippen LogP contribution < -0.4 is 10.1 Å². The van der Waals surface area contributed by atoms with Crippen molar-refractivity contribution in [1.82, 2.24) is 15.5 Å². The second kappa shape index (κ2) is 9.38. The van der Waals surface area contributed by atoms with E-state index < -0.39 is 17.2 Å². The van der Waals surface area contributed by atoms with Crippen LogP contribution in [0.25, 0.3) is 0 Å². The van der Waals surface area contributed by atoms with Gasteiger partial charge in [0, 0.05) is 13.7 Å². The number of carbonyl (C=O) groups excluding carboxylic acids is 1. The first-order chi connectivity index (χ1) is 12.0. The molecule has 7 nitrogen and oxygen atoms in total. The van der Waals surface area contributed by atoms with E-state index in [0.29, 0.717) is 13.2 Å². The van der Waals surface area contributed by atoms with Gasteiger partial charge in [-0.2, -0.15) is 0 Å². The Balaban J connectivity index is 1.90. The molecule has 136 valence electrons. The number of halogens is 1. The maximum atomic E-state index is 13.6. The van der Waals surface area contributed by atoms with Crippen molar-refractivity contribution in [3.8, 4) is 5.75 Å². The summed E-state index contributed by atoms with van der Waals surface area (Å²) in [6.45, 7) is 4.28. The molecule has 0 saturated heterocycles. The lowest BCUT2D eigenvalue weighted by molar-refractivity contribution is -0.120. The Bertz CT molecular complexity index is 698.